The maximum Gasteiger partial charge on any atom is 0.132 e. The van der Waals surface area contributed by atoms with E-state index in [-0.39, 0.29) is 0 Å². The van der Waals surface area contributed by atoms with Gasteiger partial charge in [0.1, 0.15) is 5.15 Å². The third-order valence-electron chi connectivity index (χ3n) is 3.87. The summed E-state index contributed by atoms with van der Waals surface area (Å²) in [7, 11) is 0. The Labute approximate surface area is 129 Å². The van der Waals surface area contributed by atoms with Gasteiger partial charge in [-0.15, -0.1) is 0 Å². The molecule has 3 rings (SSSR count). The van der Waals surface area contributed by atoms with Crippen molar-refractivity contribution in [2.45, 2.75) is 31.7 Å². The zero-order valence-electron chi connectivity index (χ0n) is 11.2. The number of nitrogens with zero attached hydrogens (tertiary/aromatic N) is 1. The van der Waals surface area contributed by atoms with Crippen LogP contribution in [0.4, 0.5) is 5.69 Å². The lowest BCUT2D eigenvalue weighted by atomic mass is 9.76. The summed E-state index contributed by atoms with van der Waals surface area (Å²) in [5.74, 6) is 0.558. The molecule has 0 atom stereocenters. The van der Waals surface area contributed by atoms with Crippen molar-refractivity contribution in [3.8, 4) is 0 Å². The molecule has 0 aliphatic heterocycles. The summed E-state index contributed by atoms with van der Waals surface area (Å²) in [5, 5.41) is 4.94. The molecule has 0 spiro atoms. The first-order valence-corrected chi connectivity index (χ1v) is 7.52. The molecule has 0 bridgehead atoms. The Kier molecular flexibility index (Phi) is 3.86. The highest BCUT2D eigenvalue weighted by atomic mass is 35.5. The monoisotopic (exact) mass is 306 g/mol. The number of rotatable bonds is 3. The van der Waals surface area contributed by atoms with Gasteiger partial charge in [-0.3, -0.25) is 0 Å². The third-order valence-corrected chi connectivity index (χ3v) is 4.61. The van der Waals surface area contributed by atoms with Crippen LogP contribution in [0, 0.1) is 6.92 Å². The molecular formula is C16H16Cl2N2. The summed E-state index contributed by atoms with van der Waals surface area (Å²) in [4.78, 5) is 4.16. The van der Waals surface area contributed by atoms with Gasteiger partial charge in [0.05, 0.1) is 11.9 Å². The van der Waals surface area contributed by atoms with Crippen LogP contribution < -0.4 is 5.32 Å². The fraction of sp³-hybridized carbons (Fsp3) is 0.312. The zero-order chi connectivity index (χ0) is 14.1. The van der Waals surface area contributed by atoms with Crippen molar-refractivity contribution >= 4 is 28.9 Å². The van der Waals surface area contributed by atoms with Crippen molar-refractivity contribution in [1.82, 2.24) is 4.98 Å². The van der Waals surface area contributed by atoms with E-state index in [9.17, 15) is 0 Å². The van der Waals surface area contributed by atoms with Gasteiger partial charge >= 0.3 is 0 Å². The Morgan fingerprint density at radius 1 is 1.20 bits per heavy atom. The van der Waals surface area contributed by atoms with Gasteiger partial charge in [-0.05, 0) is 48.9 Å². The summed E-state index contributed by atoms with van der Waals surface area (Å²) in [6.07, 6.45) is 4.00. The molecule has 4 heteroatoms. The van der Waals surface area contributed by atoms with Gasteiger partial charge < -0.3 is 5.32 Å². The van der Waals surface area contributed by atoms with Crippen molar-refractivity contribution < 1.29 is 0 Å². The maximum atomic E-state index is 6.23. The van der Waals surface area contributed by atoms with Crippen molar-refractivity contribution in [3.63, 3.8) is 0 Å². The van der Waals surface area contributed by atoms with E-state index in [1.54, 1.807) is 6.20 Å². The van der Waals surface area contributed by atoms with Crippen LogP contribution in [0.5, 0.6) is 0 Å². The minimum absolute atomic E-state index is 0.485. The highest BCUT2D eigenvalue weighted by Gasteiger charge is 2.31. The lowest BCUT2D eigenvalue weighted by Gasteiger charge is -2.37. The number of aryl methyl sites for hydroxylation is 1. The van der Waals surface area contributed by atoms with Crippen LogP contribution in [0.2, 0.25) is 10.2 Å². The minimum Gasteiger partial charge on any atom is -0.381 e. The van der Waals surface area contributed by atoms with E-state index < -0.39 is 0 Å². The van der Waals surface area contributed by atoms with Crippen molar-refractivity contribution in [1.29, 1.82) is 0 Å². The van der Waals surface area contributed by atoms with E-state index in [4.69, 9.17) is 23.2 Å². The molecule has 1 aromatic carbocycles. The topological polar surface area (TPSA) is 24.9 Å². The number of pyridine rings is 1. The lowest BCUT2D eigenvalue weighted by molar-refractivity contribution is 0.374. The average molecular weight is 307 g/mol. The molecule has 0 unspecified atom stereocenters. The van der Waals surface area contributed by atoms with Crippen LogP contribution in [0.3, 0.4) is 0 Å². The van der Waals surface area contributed by atoms with Gasteiger partial charge in [0.15, 0.2) is 0 Å². The number of hydrogen-bond acceptors (Lipinski definition) is 2. The molecule has 1 aromatic heterocycles. The Balaban J connectivity index is 1.61. The smallest absolute Gasteiger partial charge is 0.132 e. The van der Waals surface area contributed by atoms with E-state index in [0.717, 1.165) is 29.1 Å². The van der Waals surface area contributed by atoms with Gasteiger partial charge in [0.25, 0.3) is 0 Å². The lowest BCUT2D eigenvalue weighted by Crippen LogP contribution is -2.34. The molecular weight excluding hydrogens is 291 g/mol. The first-order valence-electron chi connectivity index (χ1n) is 6.76. The second-order valence-electron chi connectivity index (χ2n) is 5.36. The van der Waals surface area contributed by atoms with Gasteiger partial charge in [-0.25, -0.2) is 4.98 Å². The molecule has 0 radical (unpaired) electrons. The summed E-state index contributed by atoms with van der Waals surface area (Å²) in [5.41, 5.74) is 3.30. The summed E-state index contributed by atoms with van der Waals surface area (Å²) < 4.78 is 0. The molecule has 104 valence electrons. The van der Waals surface area contributed by atoms with E-state index in [0.29, 0.717) is 17.1 Å². The molecule has 0 amide bonds. The second kappa shape index (κ2) is 5.63. The summed E-state index contributed by atoms with van der Waals surface area (Å²) in [6.45, 7) is 1.97. The van der Waals surface area contributed by atoms with E-state index in [1.165, 1.54) is 5.56 Å². The standard InChI is InChI=1S/C16H16Cl2N2/c1-10-6-13(9-19-16(10)18)20-12-7-11(8-12)14-4-2-3-5-15(14)17/h2-6,9,11-12,20H,7-8H2,1H3. The van der Waals surface area contributed by atoms with Crippen molar-refractivity contribution in [2.75, 3.05) is 5.32 Å². The van der Waals surface area contributed by atoms with E-state index in [2.05, 4.69) is 22.4 Å². The largest absolute Gasteiger partial charge is 0.381 e. The predicted octanol–water partition coefficient (Wildman–Crippen LogP) is 5.05. The maximum absolute atomic E-state index is 6.23. The van der Waals surface area contributed by atoms with E-state index >= 15 is 0 Å². The Hall–Kier alpha value is -1.25. The molecule has 0 saturated heterocycles. The molecule has 1 heterocycles. The number of anilines is 1. The molecule has 2 nitrogen and oxygen atoms in total. The van der Waals surface area contributed by atoms with E-state index in [1.807, 2.05) is 25.1 Å². The molecule has 1 aliphatic carbocycles. The summed E-state index contributed by atoms with van der Waals surface area (Å²) in [6, 6.07) is 10.6. The van der Waals surface area contributed by atoms with Gasteiger partial charge in [0.2, 0.25) is 0 Å². The number of hydrogen-bond donors (Lipinski definition) is 1. The van der Waals surface area contributed by atoms with Gasteiger partial charge in [0, 0.05) is 11.1 Å². The van der Waals surface area contributed by atoms with Gasteiger partial charge in [-0.2, -0.15) is 0 Å². The van der Waals surface area contributed by atoms with Crippen LogP contribution in [-0.4, -0.2) is 11.0 Å². The van der Waals surface area contributed by atoms with Crippen LogP contribution in [0.1, 0.15) is 29.9 Å². The minimum atomic E-state index is 0.485. The normalized spacial score (nSPS) is 21.4. The first-order chi connectivity index (χ1) is 9.63. The van der Waals surface area contributed by atoms with Crippen molar-refractivity contribution in [3.05, 3.63) is 57.8 Å². The SMILES string of the molecule is Cc1cc(NC2CC(c3ccccc3Cl)C2)cnc1Cl. The zero-order valence-corrected chi connectivity index (χ0v) is 12.7. The number of halogens is 2. The third kappa shape index (κ3) is 2.77. The van der Waals surface area contributed by atoms with Crippen molar-refractivity contribution in [2.24, 2.45) is 0 Å². The van der Waals surface area contributed by atoms with Crippen LogP contribution in [-0.2, 0) is 0 Å². The average Bonchev–Trinajstić information content (AvgIpc) is 2.39. The molecule has 1 fully saturated rings. The van der Waals surface area contributed by atoms with Crippen LogP contribution in [0.15, 0.2) is 36.5 Å². The number of aromatic nitrogens is 1. The highest BCUT2D eigenvalue weighted by Crippen LogP contribution is 2.41. The Morgan fingerprint density at radius 2 is 1.95 bits per heavy atom. The molecule has 1 saturated carbocycles. The molecule has 1 N–H and O–H groups in total. The number of nitrogens with one attached hydrogen (secondary N) is 1. The molecule has 20 heavy (non-hydrogen) atoms. The fourth-order valence-electron chi connectivity index (χ4n) is 2.67. The van der Waals surface area contributed by atoms with Crippen LogP contribution >= 0.6 is 23.2 Å². The van der Waals surface area contributed by atoms with Gasteiger partial charge in [-0.1, -0.05) is 41.4 Å². The Morgan fingerprint density at radius 3 is 2.65 bits per heavy atom. The Bertz CT molecular complexity index is 622. The summed E-state index contributed by atoms with van der Waals surface area (Å²) >= 11 is 12.2. The van der Waals surface area contributed by atoms with Crippen LogP contribution in [0.25, 0.3) is 0 Å². The number of benzene rings is 1. The fourth-order valence-corrected chi connectivity index (χ4v) is 3.06. The predicted molar refractivity (Wildman–Crippen MR) is 84.8 cm³/mol. The molecule has 1 aliphatic rings. The highest BCUT2D eigenvalue weighted by molar-refractivity contribution is 6.31. The second-order valence-corrected chi connectivity index (χ2v) is 6.13. The first kappa shape index (κ1) is 13.7. The molecule has 2 aromatic rings. The quantitative estimate of drug-likeness (QED) is 0.802.